The zero-order valence-corrected chi connectivity index (χ0v) is 7.82. The quantitative estimate of drug-likeness (QED) is 0.659. The molecule has 0 unspecified atom stereocenters. The molecule has 68 valence electrons. The monoisotopic (exact) mass is 204 g/mol. The minimum atomic E-state index is -1.30. The first-order chi connectivity index (χ1) is 6.72. The summed E-state index contributed by atoms with van der Waals surface area (Å²) in [5, 5.41) is 18.0. The van der Waals surface area contributed by atoms with Gasteiger partial charge in [-0.05, 0) is 17.7 Å². The molecule has 2 rings (SSSR count). The van der Waals surface area contributed by atoms with Gasteiger partial charge in [0.25, 0.3) is 5.60 Å². The van der Waals surface area contributed by atoms with Crippen molar-refractivity contribution in [3.05, 3.63) is 34.9 Å². The predicted octanol–water partition coefficient (Wildman–Crippen LogP) is 2.20. The Morgan fingerprint density at radius 1 is 1.36 bits per heavy atom. The minimum Gasteiger partial charge on any atom is -0.332 e. The molecule has 4 heteroatoms. The smallest absolute Gasteiger partial charge is 0.272 e. The third-order valence-electron chi connectivity index (χ3n) is 2.10. The number of ether oxygens (including phenoxy) is 1. The first-order valence-corrected chi connectivity index (χ1v) is 4.35. The minimum absolute atomic E-state index is 0.462. The van der Waals surface area contributed by atoms with E-state index in [0.29, 0.717) is 5.02 Å². The van der Waals surface area contributed by atoms with Crippen LogP contribution in [0.2, 0.25) is 5.02 Å². The lowest BCUT2D eigenvalue weighted by atomic mass is 10.0. The van der Waals surface area contributed by atoms with E-state index in [2.05, 4.69) is 0 Å². The van der Waals surface area contributed by atoms with Crippen molar-refractivity contribution >= 4 is 11.6 Å². The highest BCUT2D eigenvalue weighted by molar-refractivity contribution is 6.30. The molecule has 1 fully saturated rings. The van der Waals surface area contributed by atoms with Gasteiger partial charge in [0.15, 0.2) is 0 Å². The standard InChI is InChI=1S/C10H5ClN2O/c11-8-3-1-2-7(4-8)9-10(5-12,6-13)14-9/h1-4,9H/t9-/m1/s1. The van der Waals surface area contributed by atoms with Crippen LogP contribution in [-0.4, -0.2) is 5.60 Å². The molecule has 1 aromatic rings. The molecule has 1 aliphatic rings. The van der Waals surface area contributed by atoms with Gasteiger partial charge in [0.1, 0.15) is 18.2 Å². The van der Waals surface area contributed by atoms with Crippen LogP contribution in [0, 0.1) is 22.7 Å². The van der Waals surface area contributed by atoms with Gasteiger partial charge in [-0.15, -0.1) is 0 Å². The van der Waals surface area contributed by atoms with Gasteiger partial charge in [-0.25, -0.2) is 0 Å². The molecule has 0 spiro atoms. The van der Waals surface area contributed by atoms with Crippen LogP contribution in [0.15, 0.2) is 24.3 Å². The van der Waals surface area contributed by atoms with Crippen molar-refractivity contribution in [1.29, 1.82) is 10.5 Å². The molecule has 1 saturated heterocycles. The number of benzene rings is 1. The Hall–Kier alpha value is -1.55. The van der Waals surface area contributed by atoms with Crippen LogP contribution < -0.4 is 0 Å². The van der Waals surface area contributed by atoms with Crippen molar-refractivity contribution in [1.82, 2.24) is 0 Å². The maximum atomic E-state index is 8.73. The van der Waals surface area contributed by atoms with E-state index in [1.807, 2.05) is 12.1 Å². The second-order valence-electron chi connectivity index (χ2n) is 3.01. The maximum Gasteiger partial charge on any atom is 0.272 e. The first-order valence-electron chi connectivity index (χ1n) is 3.97. The highest BCUT2D eigenvalue weighted by Gasteiger charge is 2.59. The number of hydrogen-bond donors (Lipinski definition) is 0. The van der Waals surface area contributed by atoms with E-state index in [9.17, 15) is 0 Å². The Morgan fingerprint density at radius 3 is 2.57 bits per heavy atom. The summed E-state index contributed by atoms with van der Waals surface area (Å²) in [7, 11) is 0. The molecular formula is C10H5ClN2O. The molecule has 0 radical (unpaired) electrons. The zero-order valence-electron chi connectivity index (χ0n) is 7.07. The van der Waals surface area contributed by atoms with E-state index >= 15 is 0 Å². The van der Waals surface area contributed by atoms with Crippen LogP contribution in [0.4, 0.5) is 0 Å². The summed E-state index contributed by atoms with van der Waals surface area (Å²) in [6, 6.07) is 10.7. The highest BCUT2D eigenvalue weighted by Crippen LogP contribution is 2.48. The summed E-state index contributed by atoms with van der Waals surface area (Å²) >= 11 is 5.77. The topological polar surface area (TPSA) is 60.1 Å². The molecule has 3 nitrogen and oxygen atoms in total. The maximum absolute atomic E-state index is 8.73. The van der Waals surface area contributed by atoms with E-state index in [-0.39, 0.29) is 0 Å². The number of nitrogens with zero attached hydrogens (tertiary/aromatic N) is 2. The Labute approximate surface area is 86.1 Å². The lowest BCUT2D eigenvalue weighted by Gasteiger charge is -1.95. The fraction of sp³-hybridized carbons (Fsp3) is 0.200. The van der Waals surface area contributed by atoms with Crippen molar-refractivity contribution in [2.75, 3.05) is 0 Å². The average molecular weight is 205 g/mol. The van der Waals surface area contributed by atoms with Crippen LogP contribution in [0.5, 0.6) is 0 Å². The van der Waals surface area contributed by atoms with Gasteiger partial charge < -0.3 is 4.74 Å². The molecule has 0 aromatic heterocycles. The lowest BCUT2D eigenvalue weighted by molar-refractivity contribution is 0.369. The van der Waals surface area contributed by atoms with Crippen molar-refractivity contribution in [3.63, 3.8) is 0 Å². The van der Waals surface area contributed by atoms with Crippen molar-refractivity contribution in [2.24, 2.45) is 0 Å². The first kappa shape index (κ1) is 9.02. The number of epoxide rings is 1. The summed E-state index contributed by atoms with van der Waals surface area (Å²) < 4.78 is 5.06. The van der Waals surface area contributed by atoms with Crippen LogP contribution in [-0.2, 0) is 4.74 Å². The van der Waals surface area contributed by atoms with Gasteiger partial charge in [-0.2, -0.15) is 10.5 Å². The van der Waals surface area contributed by atoms with E-state index in [0.717, 1.165) is 5.56 Å². The number of hydrogen-bond acceptors (Lipinski definition) is 3. The third kappa shape index (κ3) is 1.24. The molecule has 1 aliphatic heterocycles. The number of rotatable bonds is 1. The van der Waals surface area contributed by atoms with Gasteiger partial charge >= 0.3 is 0 Å². The van der Waals surface area contributed by atoms with Crippen LogP contribution >= 0.6 is 11.6 Å². The van der Waals surface area contributed by atoms with Gasteiger partial charge in [0.05, 0.1) is 0 Å². The summed E-state index contributed by atoms with van der Waals surface area (Å²) in [5.41, 5.74) is -0.536. The average Bonchev–Trinajstić information content (AvgIpc) is 2.93. The fourth-order valence-corrected chi connectivity index (χ4v) is 1.52. The van der Waals surface area contributed by atoms with Crippen LogP contribution in [0.3, 0.4) is 0 Å². The molecule has 1 aromatic carbocycles. The Balaban J connectivity index is 2.31. The molecule has 1 heterocycles. The van der Waals surface area contributed by atoms with Crippen molar-refractivity contribution in [3.8, 4) is 12.1 Å². The normalized spacial score (nSPS) is 22.1. The van der Waals surface area contributed by atoms with Crippen LogP contribution in [0.1, 0.15) is 11.7 Å². The molecule has 0 bridgehead atoms. The number of nitriles is 2. The molecule has 0 aliphatic carbocycles. The van der Waals surface area contributed by atoms with E-state index in [1.54, 1.807) is 24.3 Å². The van der Waals surface area contributed by atoms with E-state index in [4.69, 9.17) is 26.9 Å². The third-order valence-corrected chi connectivity index (χ3v) is 2.33. The fourth-order valence-electron chi connectivity index (χ4n) is 1.32. The van der Waals surface area contributed by atoms with Crippen LogP contribution in [0.25, 0.3) is 0 Å². The summed E-state index contributed by atoms with van der Waals surface area (Å²) in [4.78, 5) is 0. The predicted molar refractivity (Wildman–Crippen MR) is 49.2 cm³/mol. The molecule has 0 amide bonds. The van der Waals surface area contributed by atoms with E-state index in [1.165, 1.54) is 0 Å². The Kier molecular flexibility index (Phi) is 1.93. The summed E-state index contributed by atoms with van der Waals surface area (Å²) in [6.45, 7) is 0. The highest BCUT2D eigenvalue weighted by atomic mass is 35.5. The molecular weight excluding hydrogens is 200 g/mol. The number of halogens is 1. The largest absolute Gasteiger partial charge is 0.332 e. The van der Waals surface area contributed by atoms with E-state index < -0.39 is 11.7 Å². The SMILES string of the molecule is N#CC1(C#N)O[C@@H]1c1cccc(Cl)c1. The molecule has 0 saturated carbocycles. The molecule has 0 N–H and O–H groups in total. The Morgan fingerprint density at radius 2 is 2.07 bits per heavy atom. The summed E-state index contributed by atoms with van der Waals surface area (Å²) in [6.07, 6.45) is -0.462. The molecule has 1 atom stereocenters. The summed E-state index contributed by atoms with van der Waals surface area (Å²) in [5.74, 6) is 0. The van der Waals surface area contributed by atoms with Crippen molar-refractivity contribution in [2.45, 2.75) is 11.7 Å². The van der Waals surface area contributed by atoms with Gasteiger partial charge in [0.2, 0.25) is 0 Å². The van der Waals surface area contributed by atoms with Gasteiger partial charge in [-0.1, -0.05) is 23.7 Å². The molecule has 14 heavy (non-hydrogen) atoms. The van der Waals surface area contributed by atoms with Gasteiger partial charge in [-0.3, -0.25) is 0 Å². The zero-order chi connectivity index (χ0) is 10.2. The van der Waals surface area contributed by atoms with Crippen molar-refractivity contribution < 1.29 is 4.74 Å². The lowest BCUT2D eigenvalue weighted by Crippen LogP contribution is -2.04. The second-order valence-corrected chi connectivity index (χ2v) is 3.45. The second kappa shape index (κ2) is 2.99. The van der Waals surface area contributed by atoms with Gasteiger partial charge in [0, 0.05) is 5.02 Å². The Bertz CT molecular complexity index is 444.